The molecule has 2 heterocycles. The third-order valence-corrected chi connectivity index (χ3v) is 7.90. The molecule has 1 N–H and O–H groups in total. The quantitative estimate of drug-likeness (QED) is 0.434. The van der Waals surface area contributed by atoms with Crippen LogP contribution in [0.5, 0.6) is 0 Å². The van der Waals surface area contributed by atoms with Gasteiger partial charge >= 0.3 is 0 Å². The van der Waals surface area contributed by atoms with Crippen LogP contribution in [0.4, 0.5) is 5.69 Å². The number of nitrogens with zero attached hydrogens (tertiary/aromatic N) is 4. The Labute approximate surface area is 190 Å². The normalized spacial score (nSPS) is 12.0. The number of pyridine rings is 1. The maximum atomic E-state index is 12.5. The van der Waals surface area contributed by atoms with Crippen LogP contribution >= 0.6 is 11.8 Å². The number of sulfonamides is 1. The van der Waals surface area contributed by atoms with Gasteiger partial charge in [0.05, 0.1) is 16.2 Å². The number of aryl methyl sites for hydroxylation is 2. The van der Waals surface area contributed by atoms with E-state index in [4.69, 9.17) is 0 Å². The molecule has 0 radical (unpaired) electrons. The second-order valence-corrected chi connectivity index (χ2v) is 10.7. The zero-order valence-electron chi connectivity index (χ0n) is 18.2. The number of thioether (sulfide) groups is 1. The number of rotatable bonds is 6. The number of hydrogen-bond acceptors (Lipinski definition) is 6. The number of benzene rings is 2. The van der Waals surface area contributed by atoms with E-state index in [1.807, 2.05) is 36.4 Å². The van der Waals surface area contributed by atoms with Crippen LogP contribution in [0.1, 0.15) is 11.1 Å². The fraction of sp³-hybridized carbons (Fsp3) is 0.227. The Balaban J connectivity index is 1.52. The fourth-order valence-corrected chi connectivity index (χ4v) is 5.12. The van der Waals surface area contributed by atoms with Crippen molar-refractivity contribution in [1.29, 1.82) is 0 Å². The van der Waals surface area contributed by atoms with E-state index >= 15 is 0 Å². The second-order valence-electron chi connectivity index (χ2n) is 7.62. The Morgan fingerprint density at radius 1 is 1.06 bits per heavy atom. The molecule has 0 unspecified atom stereocenters. The number of nitrogens with one attached hydrogen (secondary N) is 1. The molecule has 0 saturated heterocycles. The molecule has 166 valence electrons. The van der Waals surface area contributed by atoms with Gasteiger partial charge in [-0.05, 0) is 55.3 Å². The summed E-state index contributed by atoms with van der Waals surface area (Å²) in [6.07, 6.45) is 0. The lowest BCUT2D eigenvalue weighted by Crippen LogP contribution is -2.22. The van der Waals surface area contributed by atoms with Gasteiger partial charge in [0.25, 0.3) is 0 Å². The van der Waals surface area contributed by atoms with Crippen molar-refractivity contribution in [2.24, 2.45) is 0 Å². The van der Waals surface area contributed by atoms with Gasteiger partial charge in [-0.2, -0.15) is 0 Å². The van der Waals surface area contributed by atoms with Crippen molar-refractivity contribution < 1.29 is 13.2 Å². The van der Waals surface area contributed by atoms with Gasteiger partial charge in [-0.25, -0.2) is 12.7 Å². The van der Waals surface area contributed by atoms with Crippen molar-refractivity contribution >= 4 is 49.9 Å². The molecule has 0 fully saturated rings. The van der Waals surface area contributed by atoms with E-state index in [0.717, 1.165) is 32.0 Å². The molecular weight excluding hydrogens is 446 g/mol. The Bertz CT molecular complexity index is 1430. The smallest absolute Gasteiger partial charge is 0.242 e. The molecule has 2 aromatic heterocycles. The van der Waals surface area contributed by atoms with E-state index in [1.54, 1.807) is 12.1 Å². The summed E-state index contributed by atoms with van der Waals surface area (Å²) < 4.78 is 27.5. The molecular formula is C22H23N5O3S2. The largest absolute Gasteiger partial charge is 0.325 e. The average molecular weight is 470 g/mol. The highest BCUT2D eigenvalue weighted by Crippen LogP contribution is 2.28. The van der Waals surface area contributed by atoms with E-state index < -0.39 is 10.0 Å². The third-order valence-electron chi connectivity index (χ3n) is 5.14. The molecule has 8 nitrogen and oxygen atoms in total. The summed E-state index contributed by atoms with van der Waals surface area (Å²) in [6.45, 7) is 4.09. The van der Waals surface area contributed by atoms with E-state index in [-0.39, 0.29) is 16.6 Å². The minimum absolute atomic E-state index is 0.139. The Morgan fingerprint density at radius 3 is 2.47 bits per heavy atom. The van der Waals surface area contributed by atoms with Gasteiger partial charge in [0.15, 0.2) is 10.8 Å². The number of carbonyl (C=O) groups excluding carboxylic acids is 1. The summed E-state index contributed by atoms with van der Waals surface area (Å²) in [7, 11) is -0.560. The van der Waals surface area contributed by atoms with Crippen molar-refractivity contribution in [1.82, 2.24) is 18.9 Å². The highest BCUT2D eigenvalue weighted by atomic mass is 32.2. The van der Waals surface area contributed by atoms with Crippen LogP contribution in [-0.2, 0) is 14.8 Å². The summed E-state index contributed by atoms with van der Waals surface area (Å²) in [4.78, 5) is 12.7. The number of amides is 1. The molecule has 32 heavy (non-hydrogen) atoms. The minimum atomic E-state index is -3.51. The van der Waals surface area contributed by atoms with Crippen LogP contribution in [0.2, 0.25) is 0 Å². The van der Waals surface area contributed by atoms with Gasteiger partial charge in [0, 0.05) is 25.2 Å². The molecule has 0 saturated carbocycles. The number of anilines is 1. The number of aromatic nitrogens is 3. The molecule has 1 amide bonds. The first-order valence-electron chi connectivity index (χ1n) is 9.88. The topological polar surface area (TPSA) is 96.7 Å². The Morgan fingerprint density at radius 2 is 1.78 bits per heavy atom. The van der Waals surface area contributed by atoms with E-state index in [9.17, 15) is 13.2 Å². The summed E-state index contributed by atoms with van der Waals surface area (Å²) >= 11 is 1.30. The molecule has 2 aromatic carbocycles. The molecule has 0 spiro atoms. The van der Waals surface area contributed by atoms with Crippen LogP contribution in [0.3, 0.4) is 0 Å². The number of fused-ring (bicyclic) bond motifs is 3. The minimum Gasteiger partial charge on any atom is -0.325 e. The van der Waals surface area contributed by atoms with Crippen LogP contribution in [0.25, 0.3) is 16.6 Å². The van der Waals surface area contributed by atoms with Gasteiger partial charge in [0.2, 0.25) is 15.9 Å². The predicted molar refractivity (Wildman–Crippen MR) is 127 cm³/mol. The lowest BCUT2D eigenvalue weighted by molar-refractivity contribution is -0.113. The zero-order chi connectivity index (χ0) is 23.0. The molecule has 0 aliphatic carbocycles. The van der Waals surface area contributed by atoms with Crippen LogP contribution in [0.15, 0.2) is 58.6 Å². The molecule has 0 bridgehead atoms. The van der Waals surface area contributed by atoms with Crippen LogP contribution < -0.4 is 5.32 Å². The van der Waals surface area contributed by atoms with Crippen molar-refractivity contribution in [3.05, 3.63) is 59.7 Å². The van der Waals surface area contributed by atoms with Crippen molar-refractivity contribution in [3.8, 4) is 0 Å². The van der Waals surface area contributed by atoms with Crippen molar-refractivity contribution in [3.63, 3.8) is 0 Å². The molecule has 4 aromatic rings. The predicted octanol–water partition coefficient (Wildman–Crippen LogP) is 3.48. The van der Waals surface area contributed by atoms with Crippen molar-refractivity contribution in [2.45, 2.75) is 23.9 Å². The van der Waals surface area contributed by atoms with Crippen molar-refractivity contribution in [2.75, 3.05) is 25.2 Å². The lowest BCUT2D eigenvalue weighted by atomic mass is 10.1. The highest BCUT2D eigenvalue weighted by molar-refractivity contribution is 7.99. The SMILES string of the molecule is Cc1cc2nnc(SCC(=O)Nc3ccc(S(=O)(=O)N(C)C)cc3)n2c2c(C)cccc12. The van der Waals surface area contributed by atoms with Gasteiger partial charge in [-0.3, -0.25) is 9.20 Å². The summed E-state index contributed by atoms with van der Waals surface area (Å²) in [5.74, 6) is -0.0807. The fourth-order valence-electron chi connectivity index (χ4n) is 3.47. The maximum Gasteiger partial charge on any atom is 0.242 e. The van der Waals surface area contributed by atoms with Crippen LogP contribution in [0, 0.1) is 13.8 Å². The monoisotopic (exact) mass is 469 g/mol. The van der Waals surface area contributed by atoms with Gasteiger partial charge in [-0.15, -0.1) is 10.2 Å². The number of hydrogen-bond donors (Lipinski definition) is 1. The Hall–Kier alpha value is -2.95. The average Bonchev–Trinajstić information content (AvgIpc) is 3.15. The second kappa shape index (κ2) is 8.53. The summed E-state index contributed by atoms with van der Waals surface area (Å²) in [6, 6.07) is 14.2. The molecule has 0 aliphatic rings. The van der Waals surface area contributed by atoms with Gasteiger partial charge in [0.1, 0.15) is 0 Å². The molecule has 0 atom stereocenters. The van der Waals surface area contributed by atoms with E-state index in [0.29, 0.717) is 10.8 Å². The van der Waals surface area contributed by atoms with Gasteiger partial charge < -0.3 is 5.32 Å². The summed E-state index contributed by atoms with van der Waals surface area (Å²) in [5, 5.41) is 13.1. The summed E-state index contributed by atoms with van der Waals surface area (Å²) in [5.41, 5.74) is 4.53. The number of carbonyl (C=O) groups is 1. The maximum absolute atomic E-state index is 12.5. The zero-order valence-corrected chi connectivity index (χ0v) is 19.8. The van der Waals surface area contributed by atoms with Crippen LogP contribution in [-0.4, -0.2) is 53.1 Å². The number of para-hydroxylation sites is 1. The highest BCUT2D eigenvalue weighted by Gasteiger charge is 2.17. The first-order valence-corrected chi connectivity index (χ1v) is 12.3. The standard InChI is InChI=1S/C22H23N5O3S2/c1-14-6-5-7-18-15(2)12-19-24-25-22(27(19)21(14)18)31-13-20(28)23-16-8-10-17(11-9-16)32(29,30)26(3)4/h5-12H,13H2,1-4H3,(H,23,28). The molecule has 0 aliphatic heterocycles. The lowest BCUT2D eigenvalue weighted by Gasteiger charge is -2.12. The molecule has 4 rings (SSSR count). The first-order chi connectivity index (χ1) is 15.2. The Kier molecular flexibility index (Phi) is 5.93. The molecule has 10 heteroatoms. The third kappa shape index (κ3) is 4.08. The van der Waals surface area contributed by atoms with E-state index in [2.05, 4.69) is 21.6 Å². The van der Waals surface area contributed by atoms with Gasteiger partial charge in [-0.1, -0.05) is 30.0 Å². The first kappa shape index (κ1) is 22.3. The van der Waals surface area contributed by atoms with E-state index in [1.165, 1.54) is 38.0 Å².